The molecule has 1 aliphatic heterocycles. The molecule has 1 atom stereocenters. The first-order valence-corrected chi connectivity index (χ1v) is 10.8. The number of aromatic nitrogens is 1. The lowest BCUT2D eigenvalue weighted by Crippen LogP contribution is -2.44. The third-order valence-electron chi connectivity index (χ3n) is 5.10. The fraction of sp³-hybridized carbons (Fsp3) is 0.304. The summed E-state index contributed by atoms with van der Waals surface area (Å²) in [5.41, 5.74) is 4.49. The van der Waals surface area contributed by atoms with Gasteiger partial charge in [0.25, 0.3) is 0 Å². The predicted molar refractivity (Wildman–Crippen MR) is 125 cm³/mol. The van der Waals surface area contributed by atoms with Crippen LogP contribution in [-0.4, -0.2) is 41.1 Å². The van der Waals surface area contributed by atoms with Crippen LogP contribution in [0.1, 0.15) is 38.1 Å². The molecule has 2 heterocycles. The summed E-state index contributed by atoms with van der Waals surface area (Å²) in [6, 6.07) is 3.58. The van der Waals surface area contributed by atoms with E-state index in [1.807, 2.05) is 18.9 Å². The SMILES string of the molecule is C=C(N[C@H](C)c1ncc(-c2cc(Cl)cc(F)c2C2=CN(C)CN2)cc1F)N(CC)NC(C)=O. The van der Waals surface area contributed by atoms with Gasteiger partial charge < -0.3 is 15.5 Å². The van der Waals surface area contributed by atoms with E-state index in [4.69, 9.17) is 11.6 Å². The monoisotopic (exact) mass is 476 g/mol. The molecular weight excluding hydrogens is 450 g/mol. The summed E-state index contributed by atoms with van der Waals surface area (Å²) in [6.07, 6.45) is 3.26. The molecule has 1 aliphatic rings. The Morgan fingerprint density at radius 1 is 1.36 bits per heavy atom. The van der Waals surface area contributed by atoms with Crippen molar-refractivity contribution >= 4 is 23.2 Å². The Morgan fingerprint density at radius 2 is 2.09 bits per heavy atom. The fourth-order valence-electron chi connectivity index (χ4n) is 3.59. The van der Waals surface area contributed by atoms with Crippen molar-refractivity contribution in [2.75, 3.05) is 20.3 Å². The highest BCUT2D eigenvalue weighted by molar-refractivity contribution is 6.31. The maximum absolute atomic E-state index is 15.1. The summed E-state index contributed by atoms with van der Waals surface area (Å²) >= 11 is 6.11. The molecule has 0 fully saturated rings. The molecule has 1 aromatic carbocycles. The minimum atomic E-state index is -0.570. The number of hydrazine groups is 1. The van der Waals surface area contributed by atoms with Gasteiger partial charge in [0, 0.05) is 49.1 Å². The highest BCUT2D eigenvalue weighted by Crippen LogP contribution is 2.35. The van der Waals surface area contributed by atoms with Crippen molar-refractivity contribution in [1.29, 1.82) is 0 Å². The zero-order chi connectivity index (χ0) is 24.3. The quantitative estimate of drug-likeness (QED) is 0.501. The Morgan fingerprint density at radius 3 is 2.67 bits per heavy atom. The van der Waals surface area contributed by atoms with Gasteiger partial charge in [0.2, 0.25) is 5.91 Å². The number of benzene rings is 1. The molecule has 1 amide bonds. The van der Waals surface area contributed by atoms with E-state index in [9.17, 15) is 9.18 Å². The lowest BCUT2D eigenvalue weighted by Gasteiger charge is -2.28. The van der Waals surface area contributed by atoms with E-state index in [2.05, 4.69) is 27.6 Å². The summed E-state index contributed by atoms with van der Waals surface area (Å²) in [6.45, 7) is 9.86. The van der Waals surface area contributed by atoms with Crippen LogP contribution >= 0.6 is 11.6 Å². The van der Waals surface area contributed by atoms with Crippen LogP contribution < -0.4 is 16.1 Å². The average molecular weight is 477 g/mol. The van der Waals surface area contributed by atoms with Crippen LogP contribution in [0.25, 0.3) is 16.8 Å². The summed E-state index contributed by atoms with van der Waals surface area (Å²) in [5.74, 6) is -0.934. The average Bonchev–Trinajstić information content (AvgIpc) is 3.16. The molecule has 0 spiro atoms. The smallest absolute Gasteiger partial charge is 0.235 e. The summed E-state index contributed by atoms with van der Waals surface area (Å²) in [7, 11) is 1.86. The van der Waals surface area contributed by atoms with Crippen molar-refractivity contribution in [3.8, 4) is 11.1 Å². The van der Waals surface area contributed by atoms with Gasteiger partial charge in [0.1, 0.15) is 17.5 Å². The number of hydrogen-bond acceptors (Lipinski definition) is 6. The molecule has 0 saturated heterocycles. The molecular formula is C23H27ClF2N6O. The van der Waals surface area contributed by atoms with E-state index >= 15 is 4.39 Å². The topological polar surface area (TPSA) is 72.5 Å². The van der Waals surface area contributed by atoms with Gasteiger partial charge in [-0.2, -0.15) is 0 Å². The molecule has 0 saturated carbocycles. The van der Waals surface area contributed by atoms with Crippen molar-refractivity contribution in [2.24, 2.45) is 0 Å². The van der Waals surface area contributed by atoms with Crippen molar-refractivity contribution in [1.82, 2.24) is 31.0 Å². The Balaban J connectivity index is 1.91. The molecule has 33 heavy (non-hydrogen) atoms. The third-order valence-corrected chi connectivity index (χ3v) is 5.32. The molecule has 0 unspecified atom stereocenters. The molecule has 1 aromatic heterocycles. The minimum absolute atomic E-state index is 0.153. The second kappa shape index (κ2) is 10.1. The molecule has 2 aromatic rings. The second-order valence-electron chi connectivity index (χ2n) is 7.76. The van der Waals surface area contributed by atoms with Crippen molar-refractivity contribution in [2.45, 2.75) is 26.8 Å². The van der Waals surface area contributed by atoms with Gasteiger partial charge >= 0.3 is 0 Å². The first-order chi connectivity index (χ1) is 15.6. The van der Waals surface area contributed by atoms with Crippen molar-refractivity contribution < 1.29 is 13.6 Å². The van der Waals surface area contributed by atoms with Crippen LogP contribution in [-0.2, 0) is 4.79 Å². The number of pyridine rings is 1. The van der Waals surface area contributed by atoms with E-state index in [0.717, 1.165) is 0 Å². The van der Waals surface area contributed by atoms with Gasteiger partial charge in [-0.3, -0.25) is 20.2 Å². The van der Waals surface area contributed by atoms with Crippen molar-refractivity contribution in [3.63, 3.8) is 0 Å². The Hall–Kier alpha value is -3.33. The summed E-state index contributed by atoms with van der Waals surface area (Å²) < 4.78 is 30.0. The van der Waals surface area contributed by atoms with Crippen LogP contribution in [0.4, 0.5) is 8.78 Å². The molecule has 10 heteroatoms. The van der Waals surface area contributed by atoms with Crippen LogP contribution in [0, 0.1) is 11.6 Å². The number of carbonyl (C=O) groups excluding carboxylic acids is 1. The highest BCUT2D eigenvalue weighted by atomic mass is 35.5. The largest absolute Gasteiger partial charge is 0.366 e. The predicted octanol–water partition coefficient (Wildman–Crippen LogP) is 3.97. The molecule has 176 valence electrons. The number of halogens is 3. The normalized spacial score (nSPS) is 13.8. The van der Waals surface area contributed by atoms with Gasteiger partial charge in [-0.1, -0.05) is 18.2 Å². The van der Waals surface area contributed by atoms with Crippen LogP contribution in [0.5, 0.6) is 0 Å². The zero-order valence-corrected chi connectivity index (χ0v) is 19.7. The molecule has 3 N–H and O–H groups in total. The van der Waals surface area contributed by atoms with Crippen LogP contribution in [0.2, 0.25) is 5.02 Å². The molecule has 3 rings (SSSR count). The van der Waals surface area contributed by atoms with Gasteiger partial charge in [0.05, 0.1) is 24.1 Å². The lowest BCUT2D eigenvalue weighted by atomic mass is 9.97. The zero-order valence-electron chi connectivity index (χ0n) is 19.0. The van der Waals surface area contributed by atoms with E-state index in [1.54, 1.807) is 19.2 Å². The number of nitrogens with one attached hydrogen (secondary N) is 3. The van der Waals surface area contributed by atoms with E-state index < -0.39 is 17.7 Å². The first kappa shape index (κ1) is 24.3. The lowest BCUT2D eigenvalue weighted by molar-refractivity contribution is -0.123. The molecule has 0 bridgehead atoms. The van der Waals surface area contributed by atoms with E-state index in [1.165, 1.54) is 30.3 Å². The maximum atomic E-state index is 15.1. The van der Waals surface area contributed by atoms with Gasteiger partial charge in [0.15, 0.2) is 0 Å². The standard InChI is InChI=1S/C23H27ClF2N6O/c1-6-32(30-15(4)33)14(3)29-13(2)23-20(26)7-16(10-27-23)18-8-17(24)9-19(25)22(18)21-11-31(5)12-28-21/h7-11,13,28-29H,3,6,12H2,1-2,4-5H3,(H,30,33)/t13-/m1/s1. The maximum Gasteiger partial charge on any atom is 0.235 e. The Labute approximate surface area is 197 Å². The number of carbonyl (C=O) groups is 1. The minimum Gasteiger partial charge on any atom is -0.366 e. The number of rotatable bonds is 8. The van der Waals surface area contributed by atoms with E-state index in [0.29, 0.717) is 41.4 Å². The number of hydrogen-bond donors (Lipinski definition) is 3. The summed E-state index contributed by atoms with van der Waals surface area (Å²) in [5, 5.41) is 7.88. The van der Waals surface area contributed by atoms with Gasteiger partial charge in [-0.15, -0.1) is 0 Å². The van der Waals surface area contributed by atoms with E-state index in [-0.39, 0.29) is 16.6 Å². The van der Waals surface area contributed by atoms with Gasteiger partial charge in [-0.25, -0.2) is 8.78 Å². The highest BCUT2D eigenvalue weighted by Gasteiger charge is 2.22. The fourth-order valence-corrected chi connectivity index (χ4v) is 3.79. The Bertz CT molecular complexity index is 1110. The second-order valence-corrected chi connectivity index (χ2v) is 8.20. The van der Waals surface area contributed by atoms with Crippen LogP contribution in [0.15, 0.2) is 43.0 Å². The third kappa shape index (κ3) is 5.54. The van der Waals surface area contributed by atoms with Crippen molar-refractivity contribution in [3.05, 3.63) is 70.9 Å². The molecule has 7 nitrogen and oxygen atoms in total. The Kier molecular flexibility index (Phi) is 7.43. The first-order valence-electron chi connectivity index (χ1n) is 10.4. The number of amides is 1. The molecule has 0 radical (unpaired) electrons. The molecule has 0 aliphatic carbocycles. The number of nitrogens with zero attached hydrogens (tertiary/aromatic N) is 3. The summed E-state index contributed by atoms with van der Waals surface area (Å²) in [4.78, 5) is 17.5. The van der Waals surface area contributed by atoms with Gasteiger partial charge in [-0.05, 0) is 37.6 Å². The van der Waals surface area contributed by atoms with Crippen LogP contribution in [0.3, 0.4) is 0 Å².